The van der Waals surface area contributed by atoms with Crippen LogP contribution in [0.4, 0.5) is 0 Å². The highest BCUT2D eigenvalue weighted by Gasteiger charge is 2.26. The van der Waals surface area contributed by atoms with Gasteiger partial charge in [0.05, 0.1) is 33.7 Å². The number of nitriles is 1. The number of rotatable bonds is 0. The Morgan fingerprint density at radius 2 is 1.92 bits per heavy atom. The number of benzene rings is 3. The highest BCUT2D eigenvalue weighted by molar-refractivity contribution is 6.14. The average Bonchev–Trinajstić information content (AvgIpc) is 2.71. The van der Waals surface area contributed by atoms with E-state index in [-0.39, 0.29) is 0 Å². The predicted octanol–water partition coefficient (Wildman–Crippen LogP) is 5.34. The fourth-order valence-electron chi connectivity index (χ4n) is 4.37. The minimum absolute atomic E-state index is 0.403. The molecule has 0 radical (unpaired) electrons. The summed E-state index contributed by atoms with van der Waals surface area (Å²) >= 11 is 0. The third-order valence-corrected chi connectivity index (χ3v) is 5.51. The Morgan fingerprint density at radius 3 is 2.85 bits per heavy atom. The maximum atomic E-state index is 9.20. The standard InChI is InChI=1S/C23H13N3/c24-12-13-7-10-18-19(11-13)26-23-17-6-2-4-15-9-8-14-3-1-5-16(22(23)25-18)20(14)21(15)17/h1-3,5-11,15H,4H2. The summed E-state index contributed by atoms with van der Waals surface area (Å²) in [6.07, 6.45) is 9.99. The lowest BCUT2D eigenvalue weighted by molar-refractivity contribution is 0.862. The summed E-state index contributed by atoms with van der Waals surface area (Å²) in [6.45, 7) is 0. The molecule has 0 amide bonds. The van der Waals surface area contributed by atoms with Gasteiger partial charge in [-0.2, -0.15) is 5.26 Å². The summed E-state index contributed by atoms with van der Waals surface area (Å²) in [4.78, 5) is 9.90. The van der Waals surface area contributed by atoms with Crippen LogP contribution in [0.25, 0.3) is 45.0 Å². The number of fused-ring (bicyclic) bond motifs is 4. The molecule has 0 aliphatic heterocycles. The quantitative estimate of drug-likeness (QED) is 0.323. The van der Waals surface area contributed by atoms with Crippen molar-refractivity contribution in [1.29, 1.82) is 5.26 Å². The molecule has 3 aromatic carbocycles. The van der Waals surface area contributed by atoms with Crippen molar-refractivity contribution in [2.45, 2.75) is 12.3 Å². The zero-order valence-electron chi connectivity index (χ0n) is 13.9. The third-order valence-electron chi connectivity index (χ3n) is 5.51. The van der Waals surface area contributed by atoms with Crippen molar-refractivity contribution >= 4 is 45.0 Å². The number of aromatic nitrogens is 2. The molecule has 0 saturated heterocycles. The molecule has 0 bridgehead atoms. The molecule has 120 valence electrons. The second-order valence-electron chi connectivity index (χ2n) is 6.94. The van der Waals surface area contributed by atoms with Crippen molar-refractivity contribution in [3.05, 3.63) is 70.8 Å². The van der Waals surface area contributed by atoms with Crippen LogP contribution in [0.5, 0.6) is 0 Å². The van der Waals surface area contributed by atoms with Crippen molar-refractivity contribution < 1.29 is 0 Å². The van der Waals surface area contributed by atoms with E-state index >= 15 is 0 Å². The summed E-state index contributed by atoms with van der Waals surface area (Å²) in [5.41, 5.74) is 7.90. The van der Waals surface area contributed by atoms with Crippen LogP contribution in [-0.2, 0) is 0 Å². The van der Waals surface area contributed by atoms with Gasteiger partial charge >= 0.3 is 0 Å². The van der Waals surface area contributed by atoms with Crippen LogP contribution >= 0.6 is 0 Å². The SMILES string of the molecule is N#Cc1ccc2nc3c(nc2c1)c1c2c4c(cccc43)C=CC2CC=C1. The first-order valence-corrected chi connectivity index (χ1v) is 8.78. The molecule has 0 fully saturated rings. The van der Waals surface area contributed by atoms with E-state index in [2.05, 4.69) is 48.6 Å². The van der Waals surface area contributed by atoms with Crippen LogP contribution in [0.15, 0.2) is 48.6 Å². The van der Waals surface area contributed by atoms with Crippen LogP contribution in [-0.4, -0.2) is 9.97 Å². The predicted molar refractivity (Wildman–Crippen MR) is 105 cm³/mol. The van der Waals surface area contributed by atoms with Crippen molar-refractivity contribution in [2.24, 2.45) is 0 Å². The molecular formula is C23H13N3. The Balaban J connectivity index is 1.88. The van der Waals surface area contributed by atoms with Crippen LogP contribution in [0.2, 0.25) is 0 Å². The molecule has 3 heteroatoms. The van der Waals surface area contributed by atoms with E-state index in [1.54, 1.807) is 6.07 Å². The minimum atomic E-state index is 0.403. The molecule has 26 heavy (non-hydrogen) atoms. The number of allylic oxidation sites excluding steroid dienone is 2. The molecule has 1 aromatic heterocycles. The number of nitrogens with zero attached hydrogens (tertiary/aromatic N) is 3. The molecule has 0 N–H and O–H groups in total. The number of hydrogen-bond acceptors (Lipinski definition) is 3. The average molecular weight is 331 g/mol. The summed E-state index contributed by atoms with van der Waals surface area (Å²) in [7, 11) is 0. The molecule has 3 nitrogen and oxygen atoms in total. The normalized spacial score (nSPS) is 17.1. The molecule has 0 spiro atoms. The van der Waals surface area contributed by atoms with Gasteiger partial charge in [0, 0.05) is 16.9 Å². The van der Waals surface area contributed by atoms with Gasteiger partial charge in [0.15, 0.2) is 0 Å². The topological polar surface area (TPSA) is 49.6 Å². The van der Waals surface area contributed by atoms with Crippen molar-refractivity contribution in [3.8, 4) is 6.07 Å². The lowest BCUT2D eigenvalue weighted by atomic mass is 9.78. The Morgan fingerprint density at radius 1 is 1.00 bits per heavy atom. The van der Waals surface area contributed by atoms with Gasteiger partial charge < -0.3 is 0 Å². The summed E-state index contributed by atoms with van der Waals surface area (Å²) in [6, 6.07) is 14.1. The van der Waals surface area contributed by atoms with E-state index in [1.165, 1.54) is 27.5 Å². The van der Waals surface area contributed by atoms with Gasteiger partial charge in [-0.3, -0.25) is 0 Å². The second kappa shape index (κ2) is 4.77. The molecular weight excluding hydrogens is 318 g/mol. The Bertz CT molecular complexity index is 1370. The van der Waals surface area contributed by atoms with Gasteiger partial charge in [-0.05, 0) is 41.1 Å². The van der Waals surface area contributed by atoms with Gasteiger partial charge in [-0.25, -0.2) is 9.97 Å². The zero-order chi connectivity index (χ0) is 17.3. The summed E-state index contributed by atoms with van der Waals surface area (Å²) in [5, 5.41) is 11.7. The zero-order valence-corrected chi connectivity index (χ0v) is 13.9. The summed E-state index contributed by atoms with van der Waals surface area (Å²) in [5.74, 6) is 0.403. The van der Waals surface area contributed by atoms with Crippen molar-refractivity contribution in [2.75, 3.05) is 0 Å². The van der Waals surface area contributed by atoms with Gasteiger partial charge in [0.2, 0.25) is 0 Å². The van der Waals surface area contributed by atoms with Gasteiger partial charge in [-0.15, -0.1) is 0 Å². The summed E-state index contributed by atoms with van der Waals surface area (Å²) < 4.78 is 0. The lowest BCUT2D eigenvalue weighted by Gasteiger charge is -2.26. The Kier molecular flexibility index (Phi) is 2.52. The highest BCUT2D eigenvalue weighted by atomic mass is 14.8. The van der Waals surface area contributed by atoms with E-state index in [1.807, 2.05) is 12.1 Å². The Labute approximate surface area is 149 Å². The van der Waals surface area contributed by atoms with E-state index in [0.29, 0.717) is 11.5 Å². The second-order valence-corrected chi connectivity index (χ2v) is 6.94. The molecule has 4 aromatic rings. The van der Waals surface area contributed by atoms with Crippen molar-refractivity contribution in [1.82, 2.24) is 9.97 Å². The maximum absolute atomic E-state index is 9.20. The largest absolute Gasteiger partial charge is 0.244 e. The van der Waals surface area contributed by atoms with E-state index < -0.39 is 0 Å². The van der Waals surface area contributed by atoms with Gasteiger partial charge in [-0.1, -0.05) is 42.5 Å². The monoisotopic (exact) mass is 331 g/mol. The van der Waals surface area contributed by atoms with Crippen LogP contribution in [0.1, 0.15) is 34.6 Å². The molecule has 1 unspecified atom stereocenters. The maximum Gasteiger partial charge on any atom is 0.0992 e. The smallest absolute Gasteiger partial charge is 0.0992 e. The number of hydrogen-bond donors (Lipinski definition) is 0. The van der Waals surface area contributed by atoms with E-state index in [0.717, 1.165) is 28.5 Å². The Hall–Kier alpha value is -3.51. The van der Waals surface area contributed by atoms with Crippen LogP contribution < -0.4 is 0 Å². The lowest BCUT2D eigenvalue weighted by Crippen LogP contribution is -2.08. The fourth-order valence-corrected chi connectivity index (χ4v) is 4.37. The first-order valence-electron chi connectivity index (χ1n) is 8.78. The first-order chi connectivity index (χ1) is 12.8. The highest BCUT2D eigenvalue weighted by Crippen LogP contribution is 2.45. The van der Waals surface area contributed by atoms with Crippen LogP contribution in [0, 0.1) is 11.3 Å². The molecule has 0 saturated carbocycles. The van der Waals surface area contributed by atoms with Crippen molar-refractivity contribution in [3.63, 3.8) is 0 Å². The van der Waals surface area contributed by atoms with Gasteiger partial charge in [0.25, 0.3) is 0 Å². The minimum Gasteiger partial charge on any atom is -0.244 e. The first kappa shape index (κ1) is 13.7. The van der Waals surface area contributed by atoms with E-state index in [4.69, 9.17) is 9.97 Å². The molecule has 2 aliphatic carbocycles. The third kappa shape index (κ3) is 1.66. The molecule has 1 heterocycles. The van der Waals surface area contributed by atoms with Gasteiger partial charge in [0.1, 0.15) is 0 Å². The molecule has 2 aliphatic rings. The van der Waals surface area contributed by atoms with E-state index in [9.17, 15) is 5.26 Å². The molecule has 6 rings (SSSR count). The molecule has 1 atom stereocenters. The van der Waals surface area contributed by atoms with Crippen LogP contribution in [0.3, 0.4) is 0 Å². The fraction of sp³-hybridized carbons (Fsp3) is 0.0870.